The molecule has 0 saturated heterocycles. The van der Waals surface area contributed by atoms with Gasteiger partial charge in [0.2, 0.25) is 5.91 Å². The molecule has 1 atom stereocenters. The zero-order chi connectivity index (χ0) is 16.5. The molecular formula is C18H22N4OS. The molecule has 1 aromatic carbocycles. The van der Waals surface area contributed by atoms with E-state index in [4.69, 9.17) is 0 Å². The summed E-state index contributed by atoms with van der Waals surface area (Å²) >= 11 is 1.53. The van der Waals surface area contributed by atoms with Gasteiger partial charge in [0.15, 0.2) is 5.16 Å². The summed E-state index contributed by atoms with van der Waals surface area (Å²) in [6.07, 6.45) is 4.87. The molecule has 5 nitrogen and oxygen atoms in total. The molecular weight excluding hydrogens is 320 g/mol. The maximum absolute atomic E-state index is 12.4. The highest BCUT2D eigenvalue weighted by Crippen LogP contribution is 2.46. The van der Waals surface area contributed by atoms with Crippen LogP contribution < -0.4 is 5.32 Å². The zero-order valence-electron chi connectivity index (χ0n) is 13.8. The lowest BCUT2D eigenvalue weighted by Crippen LogP contribution is -2.30. The minimum Gasteiger partial charge on any atom is -0.351 e. The molecule has 1 aromatic heterocycles. The van der Waals surface area contributed by atoms with Gasteiger partial charge in [-0.3, -0.25) is 4.79 Å². The first-order valence-electron chi connectivity index (χ1n) is 8.65. The highest BCUT2D eigenvalue weighted by molar-refractivity contribution is 8.00. The molecule has 2 aliphatic carbocycles. The topological polar surface area (TPSA) is 59.8 Å². The van der Waals surface area contributed by atoms with E-state index in [9.17, 15) is 4.79 Å². The van der Waals surface area contributed by atoms with Crippen molar-refractivity contribution in [3.8, 4) is 0 Å². The molecule has 0 spiro atoms. The van der Waals surface area contributed by atoms with Gasteiger partial charge in [0, 0.05) is 18.5 Å². The third-order valence-electron chi connectivity index (χ3n) is 4.51. The molecule has 24 heavy (non-hydrogen) atoms. The van der Waals surface area contributed by atoms with Gasteiger partial charge in [-0.1, -0.05) is 42.1 Å². The monoisotopic (exact) mass is 342 g/mol. The van der Waals surface area contributed by atoms with Gasteiger partial charge >= 0.3 is 0 Å². The SMILES string of the molecule is C[C@H](Sc1nnc(C2CC2)n1C1CC1)C(=O)NCc1ccccc1. The Morgan fingerprint density at radius 2 is 2.00 bits per heavy atom. The fourth-order valence-corrected chi connectivity index (χ4v) is 3.76. The van der Waals surface area contributed by atoms with Crippen LogP contribution in [0.25, 0.3) is 0 Å². The Labute approximate surface area is 146 Å². The van der Waals surface area contributed by atoms with E-state index < -0.39 is 0 Å². The van der Waals surface area contributed by atoms with E-state index in [1.54, 1.807) is 0 Å². The number of nitrogens with zero attached hydrogens (tertiary/aromatic N) is 3. The number of hydrogen-bond acceptors (Lipinski definition) is 4. The van der Waals surface area contributed by atoms with Crippen molar-refractivity contribution in [3.05, 3.63) is 41.7 Å². The van der Waals surface area contributed by atoms with Crippen molar-refractivity contribution < 1.29 is 4.79 Å². The molecule has 6 heteroatoms. The molecule has 0 bridgehead atoms. The lowest BCUT2D eigenvalue weighted by Gasteiger charge is -2.13. The summed E-state index contributed by atoms with van der Waals surface area (Å²) < 4.78 is 2.29. The first-order valence-corrected chi connectivity index (χ1v) is 9.53. The van der Waals surface area contributed by atoms with Crippen molar-refractivity contribution in [1.29, 1.82) is 0 Å². The Kier molecular flexibility index (Phi) is 4.31. The number of rotatable bonds is 7. The standard InChI is InChI=1S/C18H22N4OS/c1-12(17(23)19-11-13-5-3-2-4-6-13)24-18-21-20-16(14-7-8-14)22(18)15-9-10-15/h2-6,12,14-15H,7-11H2,1H3,(H,19,23)/t12-/m0/s1. The number of hydrogen-bond donors (Lipinski definition) is 1. The summed E-state index contributed by atoms with van der Waals surface area (Å²) in [5.74, 6) is 1.77. The number of carbonyl (C=O) groups is 1. The van der Waals surface area contributed by atoms with Crippen LogP contribution in [0.3, 0.4) is 0 Å². The molecule has 1 N–H and O–H groups in total. The number of thioether (sulfide) groups is 1. The van der Waals surface area contributed by atoms with Crippen molar-refractivity contribution in [2.24, 2.45) is 0 Å². The Bertz CT molecular complexity index is 722. The summed E-state index contributed by atoms with van der Waals surface area (Å²) in [4.78, 5) is 12.4. The number of carbonyl (C=O) groups excluding carboxylic acids is 1. The third kappa shape index (κ3) is 3.48. The number of benzene rings is 1. The number of nitrogens with one attached hydrogen (secondary N) is 1. The second-order valence-corrected chi connectivity index (χ2v) is 7.99. The maximum Gasteiger partial charge on any atom is 0.233 e. The molecule has 126 valence electrons. The molecule has 2 aliphatic rings. The second-order valence-electron chi connectivity index (χ2n) is 6.68. The quantitative estimate of drug-likeness (QED) is 0.785. The highest BCUT2D eigenvalue weighted by Gasteiger charge is 2.37. The predicted molar refractivity (Wildman–Crippen MR) is 93.9 cm³/mol. The van der Waals surface area contributed by atoms with Crippen LogP contribution in [0.15, 0.2) is 35.5 Å². The summed E-state index contributed by atoms with van der Waals surface area (Å²) in [7, 11) is 0. The Hall–Kier alpha value is -1.82. The van der Waals surface area contributed by atoms with Crippen LogP contribution in [0.4, 0.5) is 0 Å². The van der Waals surface area contributed by atoms with Crippen molar-refractivity contribution in [1.82, 2.24) is 20.1 Å². The first-order chi connectivity index (χ1) is 11.7. The van der Waals surface area contributed by atoms with Crippen LogP contribution in [0.1, 0.15) is 56.0 Å². The molecule has 2 aromatic rings. The van der Waals surface area contributed by atoms with E-state index >= 15 is 0 Å². The summed E-state index contributed by atoms with van der Waals surface area (Å²) in [5, 5.41) is 12.5. The van der Waals surface area contributed by atoms with Crippen LogP contribution in [0.5, 0.6) is 0 Å². The molecule has 2 saturated carbocycles. The maximum atomic E-state index is 12.4. The normalized spacial score (nSPS) is 18.4. The van der Waals surface area contributed by atoms with E-state index in [1.165, 1.54) is 37.4 Å². The first kappa shape index (κ1) is 15.7. The van der Waals surface area contributed by atoms with Crippen LogP contribution >= 0.6 is 11.8 Å². The predicted octanol–water partition coefficient (Wildman–Crippen LogP) is 3.29. The van der Waals surface area contributed by atoms with Crippen LogP contribution in [0, 0.1) is 0 Å². The number of aromatic nitrogens is 3. The Morgan fingerprint density at radius 1 is 1.25 bits per heavy atom. The molecule has 1 amide bonds. The van der Waals surface area contributed by atoms with Crippen LogP contribution in [0.2, 0.25) is 0 Å². The van der Waals surface area contributed by atoms with Gasteiger partial charge in [-0.25, -0.2) is 0 Å². The van der Waals surface area contributed by atoms with Gasteiger partial charge in [-0.2, -0.15) is 0 Å². The molecule has 1 heterocycles. The smallest absolute Gasteiger partial charge is 0.233 e. The largest absolute Gasteiger partial charge is 0.351 e. The fourth-order valence-electron chi connectivity index (χ4n) is 2.80. The highest BCUT2D eigenvalue weighted by atomic mass is 32.2. The zero-order valence-corrected chi connectivity index (χ0v) is 14.6. The minimum absolute atomic E-state index is 0.0437. The lowest BCUT2D eigenvalue weighted by atomic mass is 10.2. The number of amides is 1. The van der Waals surface area contributed by atoms with E-state index in [2.05, 4.69) is 20.1 Å². The van der Waals surface area contributed by atoms with Crippen molar-refractivity contribution in [2.45, 2.75) is 61.5 Å². The van der Waals surface area contributed by atoms with Crippen molar-refractivity contribution in [3.63, 3.8) is 0 Å². The Balaban J connectivity index is 1.38. The van der Waals surface area contributed by atoms with Gasteiger partial charge in [0.1, 0.15) is 5.82 Å². The second kappa shape index (κ2) is 6.59. The van der Waals surface area contributed by atoms with Crippen molar-refractivity contribution in [2.75, 3.05) is 0 Å². The van der Waals surface area contributed by atoms with Gasteiger partial charge in [-0.05, 0) is 38.2 Å². The van der Waals surface area contributed by atoms with Gasteiger partial charge in [-0.15, -0.1) is 10.2 Å². The third-order valence-corrected chi connectivity index (χ3v) is 5.56. The summed E-state index contributed by atoms with van der Waals surface area (Å²) in [5.41, 5.74) is 1.11. The van der Waals surface area contributed by atoms with Crippen LogP contribution in [-0.4, -0.2) is 25.9 Å². The summed E-state index contributed by atoms with van der Waals surface area (Å²) in [6.45, 7) is 2.50. The van der Waals surface area contributed by atoms with Gasteiger partial charge < -0.3 is 9.88 Å². The average molecular weight is 342 g/mol. The van der Waals surface area contributed by atoms with E-state index in [0.717, 1.165) is 16.5 Å². The fraction of sp³-hybridized carbons (Fsp3) is 0.500. The van der Waals surface area contributed by atoms with Gasteiger partial charge in [0.25, 0.3) is 0 Å². The van der Waals surface area contributed by atoms with Crippen LogP contribution in [-0.2, 0) is 11.3 Å². The van der Waals surface area contributed by atoms with Gasteiger partial charge in [0.05, 0.1) is 5.25 Å². The van der Waals surface area contributed by atoms with Crippen molar-refractivity contribution >= 4 is 17.7 Å². The van der Waals surface area contributed by atoms with E-state index in [0.29, 0.717) is 18.5 Å². The molecule has 0 unspecified atom stereocenters. The average Bonchev–Trinajstić information content (AvgIpc) is 3.52. The molecule has 0 radical (unpaired) electrons. The summed E-state index contributed by atoms with van der Waals surface area (Å²) in [6, 6.07) is 10.5. The molecule has 4 rings (SSSR count). The minimum atomic E-state index is -0.178. The van der Waals surface area contributed by atoms with E-state index in [1.807, 2.05) is 37.3 Å². The van der Waals surface area contributed by atoms with E-state index in [-0.39, 0.29) is 11.2 Å². The Morgan fingerprint density at radius 3 is 2.67 bits per heavy atom. The molecule has 0 aliphatic heterocycles. The lowest BCUT2D eigenvalue weighted by molar-refractivity contribution is -0.120. The molecule has 2 fully saturated rings.